The maximum absolute atomic E-state index is 12.0. The molecule has 0 aliphatic heterocycles. The van der Waals surface area contributed by atoms with Gasteiger partial charge in [-0.1, -0.05) is 30.3 Å². The van der Waals surface area contributed by atoms with Crippen molar-refractivity contribution in [3.05, 3.63) is 35.9 Å². The average molecular weight is 217 g/mol. The van der Waals surface area contributed by atoms with Gasteiger partial charge in [0, 0.05) is 31.5 Å². The summed E-state index contributed by atoms with van der Waals surface area (Å²) >= 11 is 0. The number of hydrogen-bond acceptors (Lipinski definition) is 2. The molecule has 0 N–H and O–H groups in total. The molecule has 1 fully saturated rings. The van der Waals surface area contributed by atoms with Gasteiger partial charge in [0.2, 0.25) is 5.91 Å². The third-order valence-corrected chi connectivity index (χ3v) is 2.94. The van der Waals surface area contributed by atoms with Crippen molar-refractivity contribution in [1.82, 2.24) is 4.90 Å². The van der Waals surface area contributed by atoms with Crippen LogP contribution in [0.5, 0.6) is 0 Å². The van der Waals surface area contributed by atoms with E-state index in [0.29, 0.717) is 12.0 Å². The van der Waals surface area contributed by atoms with Crippen LogP contribution in [0, 0.1) is 11.8 Å². The van der Waals surface area contributed by atoms with E-state index in [2.05, 4.69) is 0 Å². The molecule has 0 aromatic heterocycles. The molecule has 84 valence electrons. The first-order valence-electron chi connectivity index (χ1n) is 5.41. The molecule has 16 heavy (non-hydrogen) atoms. The zero-order valence-electron chi connectivity index (χ0n) is 9.51. The number of amides is 1. The van der Waals surface area contributed by atoms with E-state index < -0.39 is 0 Å². The Morgan fingerprint density at radius 2 is 1.75 bits per heavy atom. The zero-order chi connectivity index (χ0) is 11.7. The van der Waals surface area contributed by atoms with Gasteiger partial charge >= 0.3 is 0 Å². The molecule has 1 saturated carbocycles. The van der Waals surface area contributed by atoms with E-state index in [4.69, 9.17) is 0 Å². The molecular formula is C13H15NO2. The summed E-state index contributed by atoms with van der Waals surface area (Å²) in [5, 5.41) is 0. The fraction of sp³-hybridized carbons (Fsp3) is 0.385. The van der Waals surface area contributed by atoms with Gasteiger partial charge in [-0.3, -0.25) is 9.59 Å². The predicted molar refractivity (Wildman–Crippen MR) is 61.1 cm³/mol. The summed E-state index contributed by atoms with van der Waals surface area (Å²) in [6.07, 6.45) is 0.699. The number of nitrogens with zero attached hydrogens (tertiary/aromatic N) is 1. The third kappa shape index (κ3) is 1.98. The lowest BCUT2D eigenvalue weighted by molar-refractivity contribution is -0.130. The molecule has 0 bridgehead atoms. The molecule has 1 aromatic carbocycles. The standard InChI is InChI=1S/C13H15NO2/c1-14(2)13(16)11-8-10(11)12(15)9-6-4-3-5-7-9/h3-7,10-11H,8H2,1-2H3/t10-,11-/m1/s1. The maximum atomic E-state index is 12.0. The van der Waals surface area contributed by atoms with Crippen LogP contribution in [-0.2, 0) is 4.79 Å². The van der Waals surface area contributed by atoms with Crippen LogP contribution in [0.25, 0.3) is 0 Å². The van der Waals surface area contributed by atoms with Gasteiger partial charge in [0.25, 0.3) is 0 Å². The first kappa shape index (κ1) is 10.9. The molecule has 2 rings (SSSR count). The molecule has 3 nitrogen and oxygen atoms in total. The topological polar surface area (TPSA) is 37.4 Å². The summed E-state index contributed by atoms with van der Waals surface area (Å²) in [5.41, 5.74) is 0.710. The summed E-state index contributed by atoms with van der Waals surface area (Å²) in [6.45, 7) is 0. The van der Waals surface area contributed by atoms with E-state index in [0.717, 1.165) is 0 Å². The lowest BCUT2D eigenvalue weighted by Crippen LogP contribution is -2.25. The first-order valence-corrected chi connectivity index (χ1v) is 5.41. The summed E-state index contributed by atoms with van der Waals surface area (Å²) in [6, 6.07) is 9.18. The monoisotopic (exact) mass is 217 g/mol. The van der Waals surface area contributed by atoms with Crippen LogP contribution in [0.4, 0.5) is 0 Å². The van der Waals surface area contributed by atoms with E-state index in [9.17, 15) is 9.59 Å². The van der Waals surface area contributed by atoms with Crippen molar-refractivity contribution in [3.8, 4) is 0 Å². The first-order chi connectivity index (χ1) is 7.61. The Morgan fingerprint density at radius 3 is 2.31 bits per heavy atom. The maximum Gasteiger partial charge on any atom is 0.225 e. The summed E-state index contributed by atoms with van der Waals surface area (Å²) in [5.74, 6) is -0.0323. The van der Waals surface area contributed by atoms with Gasteiger partial charge in [-0.05, 0) is 6.42 Å². The van der Waals surface area contributed by atoms with Crippen molar-refractivity contribution in [2.75, 3.05) is 14.1 Å². The highest BCUT2D eigenvalue weighted by atomic mass is 16.2. The molecular weight excluding hydrogens is 202 g/mol. The second-order valence-electron chi connectivity index (χ2n) is 4.41. The van der Waals surface area contributed by atoms with Crippen LogP contribution < -0.4 is 0 Å². The van der Waals surface area contributed by atoms with E-state index in [1.807, 2.05) is 18.2 Å². The normalized spacial score (nSPS) is 22.6. The predicted octanol–water partition coefficient (Wildman–Crippen LogP) is 1.59. The fourth-order valence-electron chi connectivity index (χ4n) is 1.91. The smallest absolute Gasteiger partial charge is 0.225 e. The molecule has 0 radical (unpaired) electrons. The Hall–Kier alpha value is -1.64. The van der Waals surface area contributed by atoms with Gasteiger partial charge in [0.15, 0.2) is 5.78 Å². The largest absolute Gasteiger partial charge is 0.349 e. The summed E-state index contributed by atoms with van der Waals surface area (Å²) in [4.78, 5) is 25.2. The number of rotatable bonds is 3. The SMILES string of the molecule is CN(C)C(=O)[C@@H]1C[C@H]1C(=O)c1ccccc1. The molecule has 3 heteroatoms. The molecule has 1 aromatic rings. The van der Waals surface area contributed by atoms with E-state index in [1.54, 1.807) is 31.1 Å². The van der Waals surface area contributed by atoms with E-state index >= 15 is 0 Å². The van der Waals surface area contributed by atoms with Crippen LogP contribution in [0.3, 0.4) is 0 Å². The average Bonchev–Trinajstić information content (AvgIpc) is 3.08. The quantitative estimate of drug-likeness (QED) is 0.721. The lowest BCUT2D eigenvalue weighted by atomic mass is 10.1. The van der Waals surface area contributed by atoms with Crippen LogP contribution in [0.2, 0.25) is 0 Å². The van der Waals surface area contributed by atoms with Gasteiger partial charge < -0.3 is 4.90 Å². The highest BCUT2D eigenvalue weighted by Crippen LogP contribution is 2.41. The Kier molecular flexibility index (Phi) is 2.77. The third-order valence-electron chi connectivity index (χ3n) is 2.94. The highest BCUT2D eigenvalue weighted by Gasteiger charge is 2.48. The minimum atomic E-state index is -0.0997. The molecule has 0 saturated heterocycles. The second kappa shape index (κ2) is 4.08. The number of ketones is 1. The minimum Gasteiger partial charge on any atom is -0.349 e. The van der Waals surface area contributed by atoms with E-state index in [-0.39, 0.29) is 23.5 Å². The molecule has 1 amide bonds. The number of benzene rings is 1. The van der Waals surface area contributed by atoms with Crippen molar-refractivity contribution < 1.29 is 9.59 Å². The number of carbonyl (C=O) groups is 2. The summed E-state index contributed by atoms with van der Waals surface area (Å²) < 4.78 is 0. The summed E-state index contributed by atoms with van der Waals surface area (Å²) in [7, 11) is 3.45. The van der Waals surface area contributed by atoms with Crippen LogP contribution >= 0.6 is 0 Å². The Morgan fingerprint density at radius 1 is 1.12 bits per heavy atom. The van der Waals surface area contributed by atoms with Crippen molar-refractivity contribution in [2.24, 2.45) is 11.8 Å². The Balaban J connectivity index is 2.03. The van der Waals surface area contributed by atoms with Crippen LogP contribution in [-0.4, -0.2) is 30.7 Å². The Bertz CT molecular complexity index is 411. The molecule has 0 unspecified atom stereocenters. The zero-order valence-corrected chi connectivity index (χ0v) is 9.51. The van der Waals surface area contributed by atoms with Crippen LogP contribution in [0.15, 0.2) is 30.3 Å². The minimum absolute atomic E-state index is 0.0641. The van der Waals surface area contributed by atoms with E-state index in [1.165, 1.54) is 0 Å². The van der Waals surface area contributed by atoms with Crippen LogP contribution in [0.1, 0.15) is 16.8 Å². The number of carbonyl (C=O) groups excluding carboxylic acids is 2. The van der Waals surface area contributed by atoms with Crippen molar-refractivity contribution in [3.63, 3.8) is 0 Å². The molecule has 2 atom stereocenters. The van der Waals surface area contributed by atoms with Crippen molar-refractivity contribution in [1.29, 1.82) is 0 Å². The van der Waals surface area contributed by atoms with Gasteiger partial charge in [-0.2, -0.15) is 0 Å². The lowest BCUT2D eigenvalue weighted by Gasteiger charge is -2.09. The number of hydrogen-bond donors (Lipinski definition) is 0. The fourth-order valence-corrected chi connectivity index (χ4v) is 1.91. The van der Waals surface area contributed by atoms with Crippen molar-refractivity contribution in [2.45, 2.75) is 6.42 Å². The van der Waals surface area contributed by atoms with Gasteiger partial charge in [-0.25, -0.2) is 0 Å². The van der Waals surface area contributed by atoms with Gasteiger partial charge in [0.05, 0.1) is 0 Å². The Labute approximate surface area is 95.1 Å². The molecule has 0 heterocycles. The molecule has 0 spiro atoms. The van der Waals surface area contributed by atoms with Gasteiger partial charge in [-0.15, -0.1) is 0 Å². The molecule has 1 aliphatic rings. The van der Waals surface area contributed by atoms with Crippen molar-refractivity contribution >= 4 is 11.7 Å². The van der Waals surface area contributed by atoms with Gasteiger partial charge in [0.1, 0.15) is 0 Å². The molecule has 1 aliphatic carbocycles. The second-order valence-corrected chi connectivity index (χ2v) is 4.41. The highest BCUT2D eigenvalue weighted by molar-refractivity contribution is 6.03. The number of Topliss-reactive ketones (excluding diaryl/α,β-unsaturated/α-hetero) is 1.